The summed E-state index contributed by atoms with van der Waals surface area (Å²) in [5.74, 6) is 1.52. The molecule has 2 aromatic carbocycles. The number of ether oxygens (including phenoxy) is 1. The van der Waals surface area contributed by atoms with Gasteiger partial charge < -0.3 is 15.4 Å². The number of nitrogen functional groups attached to an aromatic ring is 1. The van der Waals surface area contributed by atoms with Gasteiger partial charge >= 0.3 is 0 Å². The number of fused-ring (bicyclic) bond motifs is 1. The second-order valence-electron chi connectivity index (χ2n) is 5.88. The SMILES string of the molecule is COc1ccc(N)c(CN2CC(C)Cc3ccccc32)c1. The summed E-state index contributed by atoms with van der Waals surface area (Å²) in [7, 11) is 1.69. The number of hydrogen-bond acceptors (Lipinski definition) is 3. The van der Waals surface area contributed by atoms with Gasteiger partial charge in [-0.25, -0.2) is 0 Å². The summed E-state index contributed by atoms with van der Waals surface area (Å²) in [5, 5.41) is 0. The summed E-state index contributed by atoms with van der Waals surface area (Å²) in [4.78, 5) is 2.43. The Balaban J connectivity index is 1.91. The van der Waals surface area contributed by atoms with Crippen molar-refractivity contribution in [2.24, 2.45) is 5.92 Å². The fourth-order valence-corrected chi connectivity index (χ4v) is 3.11. The molecular weight excluding hydrogens is 260 g/mol. The lowest BCUT2D eigenvalue weighted by atomic mass is 9.93. The summed E-state index contributed by atoms with van der Waals surface area (Å²) in [6, 6.07) is 14.5. The average Bonchev–Trinajstić information content (AvgIpc) is 2.49. The van der Waals surface area contributed by atoms with Gasteiger partial charge in [0.2, 0.25) is 0 Å². The van der Waals surface area contributed by atoms with Crippen molar-refractivity contribution in [1.29, 1.82) is 0 Å². The third-order valence-corrected chi connectivity index (χ3v) is 4.14. The first kappa shape index (κ1) is 13.8. The molecule has 2 N–H and O–H groups in total. The molecule has 21 heavy (non-hydrogen) atoms. The van der Waals surface area contributed by atoms with E-state index in [0.29, 0.717) is 5.92 Å². The van der Waals surface area contributed by atoms with Crippen LogP contribution in [-0.2, 0) is 13.0 Å². The fourth-order valence-electron chi connectivity index (χ4n) is 3.11. The largest absolute Gasteiger partial charge is 0.497 e. The standard InChI is InChI=1S/C18H22N2O/c1-13-9-14-5-3-4-6-18(14)20(11-13)12-15-10-16(21-2)7-8-17(15)19/h3-8,10,13H,9,11-12,19H2,1-2H3. The van der Waals surface area contributed by atoms with Crippen molar-refractivity contribution in [3.05, 3.63) is 53.6 Å². The van der Waals surface area contributed by atoms with E-state index < -0.39 is 0 Å². The molecule has 110 valence electrons. The van der Waals surface area contributed by atoms with Gasteiger partial charge in [-0.05, 0) is 47.7 Å². The van der Waals surface area contributed by atoms with Gasteiger partial charge in [-0.2, -0.15) is 0 Å². The Hall–Kier alpha value is -2.16. The zero-order valence-corrected chi connectivity index (χ0v) is 12.7. The van der Waals surface area contributed by atoms with E-state index in [-0.39, 0.29) is 0 Å². The van der Waals surface area contributed by atoms with Crippen LogP contribution >= 0.6 is 0 Å². The number of hydrogen-bond donors (Lipinski definition) is 1. The molecule has 0 spiro atoms. The number of anilines is 2. The zero-order chi connectivity index (χ0) is 14.8. The van der Waals surface area contributed by atoms with Crippen molar-refractivity contribution < 1.29 is 4.74 Å². The predicted molar refractivity (Wildman–Crippen MR) is 87.8 cm³/mol. The minimum absolute atomic E-state index is 0.659. The average molecular weight is 282 g/mol. The van der Waals surface area contributed by atoms with E-state index >= 15 is 0 Å². The third-order valence-electron chi connectivity index (χ3n) is 4.14. The molecule has 0 amide bonds. The Morgan fingerprint density at radius 2 is 2.05 bits per heavy atom. The monoisotopic (exact) mass is 282 g/mol. The molecule has 1 atom stereocenters. The van der Waals surface area contributed by atoms with Crippen LogP contribution in [0.1, 0.15) is 18.1 Å². The zero-order valence-electron chi connectivity index (χ0n) is 12.7. The maximum absolute atomic E-state index is 6.13. The Morgan fingerprint density at radius 3 is 2.86 bits per heavy atom. The maximum Gasteiger partial charge on any atom is 0.119 e. The lowest BCUT2D eigenvalue weighted by Gasteiger charge is -2.35. The third kappa shape index (κ3) is 2.82. The van der Waals surface area contributed by atoms with Crippen LogP contribution in [0, 0.1) is 5.92 Å². The topological polar surface area (TPSA) is 38.5 Å². The summed E-state index contributed by atoms with van der Waals surface area (Å²) >= 11 is 0. The van der Waals surface area contributed by atoms with E-state index in [4.69, 9.17) is 10.5 Å². The highest BCUT2D eigenvalue weighted by molar-refractivity contribution is 5.58. The summed E-state index contributed by atoms with van der Waals surface area (Å²) in [6.45, 7) is 4.19. The van der Waals surface area contributed by atoms with Crippen LogP contribution in [0.4, 0.5) is 11.4 Å². The number of methoxy groups -OCH3 is 1. The van der Waals surface area contributed by atoms with Gasteiger partial charge in [0.05, 0.1) is 7.11 Å². The Morgan fingerprint density at radius 1 is 1.24 bits per heavy atom. The van der Waals surface area contributed by atoms with Crippen molar-refractivity contribution in [2.75, 3.05) is 24.3 Å². The van der Waals surface area contributed by atoms with E-state index in [9.17, 15) is 0 Å². The van der Waals surface area contributed by atoms with E-state index in [0.717, 1.165) is 36.5 Å². The van der Waals surface area contributed by atoms with Gasteiger partial charge in [0.15, 0.2) is 0 Å². The molecule has 0 aromatic heterocycles. The summed E-state index contributed by atoms with van der Waals surface area (Å²) < 4.78 is 5.32. The molecule has 1 aliphatic heterocycles. The van der Waals surface area contributed by atoms with Crippen molar-refractivity contribution in [1.82, 2.24) is 0 Å². The van der Waals surface area contributed by atoms with E-state index in [1.165, 1.54) is 11.3 Å². The highest BCUT2D eigenvalue weighted by atomic mass is 16.5. The first-order chi connectivity index (χ1) is 10.2. The van der Waals surface area contributed by atoms with Crippen LogP contribution in [0.5, 0.6) is 5.75 Å². The van der Waals surface area contributed by atoms with Crippen molar-refractivity contribution in [3.8, 4) is 5.75 Å². The number of rotatable bonds is 3. The highest BCUT2D eigenvalue weighted by Crippen LogP contribution is 2.32. The molecule has 2 aromatic rings. The van der Waals surface area contributed by atoms with E-state index in [1.807, 2.05) is 18.2 Å². The van der Waals surface area contributed by atoms with Crippen molar-refractivity contribution in [2.45, 2.75) is 19.9 Å². The molecule has 0 fully saturated rings. The molecule has 3 heteroatoms. The fraction of sp³-hybridized carbons (Fsp3) is 0.333. The molecule has 0 aliphatic carbocycles. The van der Waals surface area contributed by atoms with Gasteiger partial charge in [0.1, 0.15) is 5.75 Å². The highest BCUT2D eigenvalue weighted by Gasteiger charge is 2.21. The number of nitrogens with zero attached hydrogens (tertiary/aromatic N) is 1. The van der Waals surface area contributed by atoms with Gasteiger partial charge in [0.25, 0.3) is 0 Å². The molecule has 1 heterocycles. The van der Waals surface area contributed by atoms with Crippen molar-refractivity contribution >= 4 is 11.4 Å². The minimum atomic E-state index is 0.659. The summed E-state index contributed by atoms with van der Waals surface area (Å²) in [5.41, 5.74) is 10.8. The van der Waals surface area contributed by atoms with E-state index in [2.05, 4.69) is 36.1 Å². The van der Waals surface area contributed by atoms with Gasteiger partial charge in [-0.15, -0.1) is 0 Å². The molecule has 3 nitrogen and oxygen atoms in total. The minimum Gasteiger partial charge on any atom is -0.497 e. The Labute approximate surface area is 126 Å². The van der Waals surface area contributed by atoms with Crippen LogP contribution < -0.4 is 15.4 Å². The lowest BCUT2D eigenvalue weighted by molar-refractivity contribution is 0.414. The maximum atomic E-state index is 6.13. The van der Waals surface area contributed by atoms with Gasteiger partial charge in [-0.1, -0.05) is 25.1 Å². The van der Waals surface area contributed by atoms with Crippen LogP contribution in [0.2, 0.25) is 0 Å². The smallest absolute Gasteiger partial charge is 0.119 e. The molecule has 0 radical (unpaired) electrons. The first-order valence-corrected chi connectivity index (χ1v) is 7.42. The molecule has 0 saturated carbocycles. The number of benzene rings is 2. The van der Waals surface area contributed by atoms with Gasteiger partial charge in [0, 0.05) is 24.5 Å². The number of para-hydroxylation sites is 1. The van der Waals surface area contributed by atoms with Gasteiger partial charge in [-0.3, -0.25) is 0 Å². The molecule has 1 unspecified atom stereocenters. The van der Waals surface area contributed by atoms with Crippen LogP contribution in [0.25, 0.3) is 0 Å². The van der Waals surface area contributed by atoms with Crippen LogP contribution in [0.3, 0.4) is 0 Å². The quantitative estimate of drug-likeness (QED) is 0.876. The number of nitrogens with two attached hydrogens (primary N) is 1. The summed E-state index contributed by atoms with van der Waals surface area (Å²) in [6.07, 6.45) is 1.15. The second-order valence-corrected chi connectivity index (χ2v) is 5.88. The molecule has 0 bridgehead atoms. The Kier molecular flexibility index (Phi) is 3.74. The normalized spacial score (nSPS) is 17.4. The van der Waals surface area contributed by atoms with Crippen molar-refractivity contribution in [3.63, 3.8) is 0 Å². The second kappa shape index (κ2) is 5.68. The van der Waals surface area contributed by atoms with Crippen LogP contribution in [-0.4, -0.2) is 13.7 Å². The molecular formula is C18H22N2O. The van der Waals surface area contributed by atoms with E-state index in [1.54, 1.807) is 7.11 Å². The van der Waals surface area contributed by atoms with Crippen LogP contribution in [0.15, 0.2) is 42.5 Å². The molecule has 1 aliphatic rings. The Bertz CT molecular complexity index is 639. The lowest BCUT2D eigenvalue weighted by Crippen LogP contribution is -2.33. The predicted octanol–water partition coefficient (Wildman–Crippen LogP) is 3.48. The molecule has 0 saturated heterocycles. The molecule has 3 rings (SSSR count). The first-order valence-electron chi connectivity index (χ1n) is 7.42.